The minimum Gasteiger partial charge on any atom is -0.495 e. The largest absolute Gasteiger partial charge is 0.495 e. The molecule has 0 fully saturated rings. The Balaban J connectivity index is 1.92. The van der Waals surface area contributed by atoms with Crippen LogP contribution < -0.4 is 15.8 Å². The molecule has 0 spiro atoms. The molecule has 2 aromatic carbocycles. The molecule has 5 heteroatoms. The fourth-order valence-corrected chi connectivity index (χ4v) is 3.09. The van der Waals surface area contributed by atoms with Crippen molar-refractivity contribution in [1.29, 1.82) is 0 Å². The van der Waals surface area contributed by atoms with Gasteiger partial charge in [-0.05, 0) is 23.8 Å². The van der Waals surface area contributed by atoms with Gasteiger partial charge in [-0.1, -0.05) is 30.3 Å². The lowest BCUT2D eigenvalue weighted by Crippen LogP contribution is -2.04. The maximum atomic E-state index is 12.5. The number of nitrogens with one attached hydrogen (secondary N) is 1. The number of nitrogen functional groups attached to an aromatic ring is 1. The number of nitrogens with two attached hydrogens (primary N) is 1. The lowest BCUT2D eigenvalue weighted by Gasteiger charge is -2.12. The Bertz CT molecular complexity index is 987. The molecule has 0 saturated heterocycles. The second-order valence-corrected chi connectivity index (χ2v) is 5.81. The number of hydrogen-bond donors (Lipinski definition) is 2. The molecule has 2 heterocycles. The number of ether oxygens (including phenoxy) is 1. The van der Waals surface area contributed by atoms with Crippen LogP contribution in [0.4, 0.5) is 11.4 Å². The van der Waals surface area contributed by atoms with E-state index in [1.807, 2.05) is 60.9 Å². The van der Waals surface area contributed by atoms with Gasteiger partial charge in [0, 0.05) is 34.9 Å². The number of carbonyl (C=O) groups is 1. The highest BCUT2D eigenvalue weighted by atomic mass is 16.5. The number of fused-ring (bicyclic) bond motifs is 1. The third-order valence-electron chi connectivity index (χ3n) is 4.26. The van der Waals surface area contributed by atoms with Gasteiger partial charge >= 0.3 is 0 Å². The van der Waals surface area contributed by atoms with Crippen molar-refractivity contribution in [2.75, 3.05) is 18.2 Å². The predicted octanol–water partition coefficient (Wildman–Crippen LogP) is 3.70. The Morgan fingerprint density at radius 2 is 1.88 bits per heavy atom. The van der Waals surface area contributed by atoms with E-state index in [1.165, 1.54) is 0 Å². The molecule has 0 unspecified atom stereocenters. The van der Waals surface area contributed by atoms with E-state index in [4.69, 9.17) is 10.5 Å². The normalized spacial score (nSPS) is 14.4. The molecule has 1 aliphatic rings. The molecule has 0 aliphatic carbocycles. The Labute approximate surface area is 145 Å². The third kappa shape index (κ3) is 2.55. The number of benzene rings is 2. The first kappa shape index (κ1) is 15.1. The van der Waals surface area contributed by atoms with E-state index in [9.17, 15) is 4.79 Å². The van der Waals surface area contributed by atoms with Crippen molar-refractivity contribution in [2.24, 2.45) is 0 Å². The molecular weight excluding hydrogens is 314 g/mol. The van der Waals surface area contributed by atoms with Gasteiger partial charge in [-0.3, -0.25) is 4.79 Å². The van der Waals surface area contributed by atoms with Crippen molar-refractivity contribution in [3.8, 4) is 16.9 Å². The number of methoxy groups -OCH3 is 1. The summed E-state index contributed by atoms with van der Waals surface area (Å²) < 4.78 is 7.00. The van der Waals surface area contributed by atoms with E-state index in [0.717, 1.165) is 28.1 Å². The highest BCUT2D eigenvalue weighted by Crippen LogP contribution is 2.43. The van der Waals surface area contributed by atoms with Gasteiger partial charge in [-0.25, -0.2) is 0 Å². The monoisotopic (exact) mass is 331 g/mol. The smallest absolute Gasteiger partial charge is 0.257 e. The van der Waals surface area contributed by atoms with Gasteiger partial charge < -0.3 is 20.4 Å². The van der Waals surface area contributed by atoms with Crippen LogP contribution in [0, 0.1) is 0 Å². The number of aromatic nitrogens is 1. The lowest BCUT2D eigenvalue weighted by molar-refractivity contribution is -0.110. The third-order valence-corrected chi connectivity index (χ3v) is 4.26. The zero-order valence-electron chi connectivity index (χ0n) is 13.7. The summed E-state index contributed by atoms with van der Waals surface area (Å²) in [4.78, 5) is 12.5. The van der Waals surface area contributed by atoms with Crippen LogP contribution in [0.5, 0.6) is 5.75 Å². The molecule has 1 aromatic heterocycles. The van der Waals surface area contributed by atoms with Crippen LogP contribution in [0.15, 0.2) is 60.9 Å². The fourth-order valence-electron chi connectivity index (χ4n) is 3.09. The second kappa shape index (κ2) is 5.87. The maximum Gasteiger partial charge on any atom is 0.257 e. The number of nitrogens with zero attached hydrogens (tertiary/aromatic N) is 1. The SMILES string of the molecule is COc1ccn(C=C2C(=O)Nc3ccc(N)c(-c4ccccc4)c32)c1. The fraction of sp³-hybridized carbons (Fsp3) is 0.0500. The average molecular weight is 331 g/mol. The number of anilines is 2. The summed E-state index contributed by atoms with van der Waals surface area (Å²) in [7, 11) is 1.61. The van der Waals surface area contributed by atoms with Crippen molar-refractivity contribution in [2.45, 2.75) is 0 Å². The summed E-state index contributed by atoms with van der Waals surface area (Å²) >= 11 is 0. The zero-order chi connectivity index (χ0) is 17.4. The highest BCUT2D eigenvalue weighted by Gasteiger charge is 2.28. The summed E-state index contributed by atoms with van der Waals surface area (Å²) in [5.41, 5.74) is 10.9. The van der Waals surface area contributed by atoms with Crippen LogP contribution in [-0.4, -0.2) is 17.6 Å². The van der Waals surface area contributed by atoms with Crippen LogP contribution >= 0.6 is 0 Å². The molecule has 0 bridgehead atoms. The Morgan fingerprint density at radius 1 is 1.08 bits per heavy atom. The predicted molar refractivity (Wildman–Crippen MR) is 100 cm³/mol. The number of carbonyl (C=O) groups excluding carboxylic acids is 1. The van der Waals surface area contributed by atoms with Crippen LogP contribution in [-0.2, 0) is 4.79 Å². The molecule has 0 radical (unpaired) electrons. The van der Waals surface area contributed by atoms with Crippen LogP contribution in [0.3, 0.4) is 0 Å². The van der Waals surface area contributed by atoms with Crippen molar-refractivity contribution >= 4 is 29.1 Å². The van der Waals surface area contributed by atoms with Gasteiger partial charge in [-0.2, -0.15) is 0 Å². The van der Waals surface area contributed by atoms with Crippen molar-refractivity contribution in [3.63, 3.8) is 0 Å². The van der Waals surface area contributed by atoms with Crippen molar-refractivity contribution in [1.82, 2.24) is 4.57 Å². The maximum absolute atomic E-state index is 12.5. The Morgan fingerprint density at radius 3 is 2.60 bits per heavy atom. The Hall–Kier alpha value is -3.47. The van der Waals surface area contributed by atoms with Crippen LogP contribution in [0.1, 0.15) is 5.56 Å². The lowest BCUT2D eigenvalue weighted by atomic mass is 9.93. The van der Waals surface area contributed by atoms with Gasteiger partial charge in [0.15, 0.2) is 0 Å². The van der Waals surface area contributed by atoms with Crippen LogP contribution in [0.2, 0.25) is 0 Å². The highest BCUT2D eigenvalue weighted by molar-refractivity contribution is 6.36. The molecule has 5 nitrogen and oxygen atoms in total. The topological polar surface area (TPSA) is 69.3 Å². The molecule has 1 aliphatic heterocycles. The molecule has 1 amide bonds. The molecule has 3 aromatic rings. The summed E-state index contributed by atoms with van der Waals surface area (Å²) in [6.07, 6.45) is 5.44. The molecule has 0 saturated carbocycles. The van der Waals surface area contributed by atoms with E-state index in [1.54, 1.807) is 17.9 Å². The summed E-state index contributed by atoms with van der Waals surface area (Å²) in [6.45, 7) is 0. The average Bonchev–Trinajstić information content (AvgIpc) is 3.21. The van der Waals surface area contributed by atoms with E-state index < -0.39 is 0 Å². The minimum absolute atomic E-state index is 0.148. The quantitative estimate of drug-likeness (QED) is 0.568. The molecule has 4 rings (SSSR count). The van der Waals surface area contributed by atoms with Gasteiger partial charge in [0.2, 0.25) is 0 Å². The van der Waals surface area contributed by atoms with Gasteiger partial charge in [0.05, 0.1) is 18.9 Å². The van der Waals surface area contributed by atoms with E-state index in [-0.39, 0.29) is 5.91 Å². The van der Waals surface area contributed by atoms with Gasteiger partial charge in [-0.15, -0.1) is 0 Å². The molecule has 124 valence electrons. The van der Waals surface area contributed by atoms with Gasteiger partial charge in [0.25, 0.3) is 5.91 Å². The first-order valence-corrected chi connectivity index (χ1v) is 7.90. The number of rotatable bonds is 3. The second-order valence-electron chi connectivity index (χ2n) is 5.81. The zero-order valence-corrected chi connectivity index (χ0v) is 13.7. The van der Waals surface area contributed by atoms with E-state index in [2.05, 4.69) is 5.32 Å². The van der Waals surface area contributed by atoms with Crippen molar-refractivity contribution in [3.05, 3.63) is 66.5 Å². The molecule has 3 N–H and O–H groups in total. The number of amides is 1. The summed E-state index contributed by atoms with van der Waals surface area (Å²) in [5, 5.41) is 2.92. The first-order valence-electron chi connectivity index (χ1n) is 7.90. The standard InChI is InChI=1S/C20H17N3O2/c1-25-14-9-10-23(11-14)12-15-19-17(22-20(15)24)8-7-16(21)18(19)13-5-3-2-4-6-13/h2-12H,21H2,1H3,(H,22,24). The first-order chi connectivity index (χ1) is 12.2. The number of hydrogen-bond acceptors (Lipinski definition) is 3. The molecular formula is C20H17N3O2. The summed E-state index contributed by atoms with van der Waals surface area (Å²) in [5.74, 6) is 0.580. The van der Waals surface area contributed by atoms with Crippen molar-refractivity contribution < 1.29 is 9.53 Å². The van der Waals surface area contributed by atoms with Crippen LogP contribution in [0.25, 0.3) is 22.9 Å². The van der Waals surface area contributed by atoms with E-state index >= 15 is 0 Å². The molecule has 25 heavy (non-hydrogen) atoms. The van der Waals surface area contributed by atoms with E-state index in [0.29, 0.717) is 11.3 Å². The molecule has 0 atom stereocenters. The summed E-state index contributed by atoms with van der Waals surface area (Å²) in [6, 6.07) is 15.3. The van der Waals surface area contributed by atoms with Gasteiger partial charge in [0.1, 0.15) is 5.75 Å². The minimum atomic E-state index is -0.148. The Kier molecular flexibility index (Phi) is 3.54.